The number of imidazole rings is 1. The number of hydrogen-bond donors (Lipinski definition) is 4. The van der Waals surface area contributed by atoms with Crippen LogP contribution in [0.4, 0.5) is 5.82 Å². The van der Waals surface area contributed by atoms with Crippen LogP contribution >= 0.6 is 0 Å². The van der Waals surface area contributed by atoms with E-state index in [0.717, 1.165) is 12.8 Å². The Kier molecular flexibility index (Phi) is 4.36. The monoisotopic (exact) mass is 412 g/mol. The van der Waals surface area contributed by atoms with E-state index in [2.05, 4.69) is 25.6 Å². The molecule has 0 bridgehead atoms. The molecule has 1 saturated carbocycles. The molecule has 0 unspecified atom stereocenters. The SMILES string of the molecule is CNC(=O)[C@H]1[Se][C@@H](n2cnc3c(NC4CCC4)ncnc32)[C@H](O)[C@@H]1O. The number of anilines is 1. The fourth-order valence-electron chi connectivity index (χ4n) is 3.14. The van der Waals surface area contributed by atoms with E-state index in [0.29, 0.717) is 23.0 Å². The fraction of sp³-hybridized carbons (Fsp3) is 0.600. The molecule has 25 heavy (non-hydrogen) atoms. The number of nitrogens with one attached hydrogen (secondary N) is 2. The Labute approximate surface area is 150 Å². The summed E-state index contributed by atoms with van der Waals surface area (Å²) in [6, 6.07) is 0.420. The number of nitrogens with zero attached hydrogens (tertiary/aromatic N) is 4. The summed E-state index contributed by atoms with van der Waals surface area (Å²) < 4.78 is 1.76. The van der Waals surface area contributed by atoms with Crippen molar-refractivity contribution in [1.29, 1.82) is 0 Å². The molecule has 2 aliphatic rings. The molecule has 1 amide bonds. The van der Waals surface area contributed by atoms with E-state index in [-0.39, 0.29) is 20.9 Å². The molecule has 0 aromatic carbocycles. The number of hydrogen-bond acceptors (Lipinski definition) is 7. The van der Waals surface area contributed by atoms with Crippen molar-refractivity contribution in [3.8, 4) is 0 Å². The number of carbonyl (C=O) groups excluding carboxylic acids is 1. The van der Waals surface area contributed by atoms with Gasteiger partial charge < -0.3 is 0 Å². The molecule has 9 nitrogen and oxygen atoms in total. The zero-order valence-electron chi connectivity index (χ0n) is 13.7. The number of aromatic nitrogens is 4. The van der Waals surface area contributed by atoms with Gasteiger partial charge >= 0.3 is 150 Å². The molecule has 1 aliphatic heterocycles. The molecule has 4 N–H and O–H groups in total. The predicted octanol–water partition coefficient (Wildman–Crippen LogP) is -0.737. The maximum atomic E-state index is 11.9. The Balaban J connectivity index is 1.65. The van der Waals surface area contributed by atoms with Crippen LogP contribution in [0.25, 0.3) is 11.2 Å². The zero-order valence-corrected chi connectivity index (χ0v) is 15.4. The predicted molar refractivity (Wildman–Crippen MR) is 91.2 cm³/mol. The van der Waals surface area contributed by atoms with Crippen molar-refractivity contribution in [2.75, 3.05) is 12.4 Å². The summed E-state index contributed by atoms with van der Waals surface area (Å²) in [7, 11) is 1.53. The Morgan fingerprint density at radius 3 is 2.76 bits per heavy atom. The maximum absolute atomic E-state index is 11.9. The molecule has 2 fully saturated rings. The van der Waals surface area contributed by atoms with Crippen LogP contribution < -0.4 is 10.6 Å². The molecule has 4 atom stereocenters. The van der Waals surface area contributed by atoms with Crippen LogP contribution in [0.2, 0.25) is 4.82 Å². The molecule has 1 aliphatic carbocycles. The van der Waals surface area contributed by atoms with Crippen LogP contribution in [0.3, 0.4) is 0 Å². The van der Waals surface area contributed by atoms with Crippen molar-refractivity contribution in [1.82, 2.24) is 24.8 Å². The summed E-state index contributed by atoms with van der Waals surface area (Å²) in [5.41, 5.74) is 1.25. The molecular formula is C15H20N6O3Se. The second-order valence-corrected chi connectivity index (χ2v) is 9.01. The van der Waals surface area contributed by atoms with Gasteiger partial charge in [-0.25, -0.2) is 0 Å². The van der Waals surface area contributed by atoms with Crippen LogP contribution in [-0.4, -0.2) is 75.9 Å². The van der Waals surface area contributed by atoms with Gasteiger partial charge in [0.05, 0.1) is 0 Å². The topological polar surface area (TPSA) is 125 Å². The first-order valence-electron chi connectivity index (χ1n) is 8.27. The first kappa shape index (κ1) is 16.7. The molecule has 0 radical (unpaired) electrons. The number of amides is 1. The fourth-order valence-corrected chi connectivity index (χ4v) is 6.22. The number of aliphatic hydroxyl groups is 2. The molecule has 10 heteroatoms. The average Bonchev–Trinajstić information content (AvgIpc) is 3.13. The van der Waals surface area contributed by atoms with Crippen molar-refractivity contribution >= 4 is 37.8 Å². The van der Waals surface area contributed by atoms with Gasteiger partial charge in [-0.15, -0.1) is 0 Å². The van der Waals surface area contributed by atoms with Crippen LogP contribution in [0.5, 0.6) is 0 Å². The van der Waals surface area contributed by atoms with E-state index in [1.165, 1.54) is 19.8 Å². The van der Waals surface area contributed by atoms with E-state index >= 15 is 0 Å². The zero-order chi connectivity index (χ0) is 17.6. The second-order valence-electron chi connectivity index (χ2n) is 6.36. The molecule has 134 valence electrons. The van der Waals surface area contributed by atoms with Crippen molar-refractivity contribution in [3.05, 3.63) is 12.7 Å². The Morgan fingerprint density at radius 1 is 1.28 bits per heavy atom. The van der Waals surface area contributed by atoms with Gasteiger partial charge in [-0.2, -0.15) is 0 Å². The normalized spacial score (nSPS) is 29.6. The number of rotatable bonds is 4. The molecule has 4 rings (SSSR count). The van der Waals surface area contributed by atoms with Crippen molar-refractivity contribution in [2.45, 2.75) is 47.3 Å². The third-order valence-corrected chi connectivity index (χ3v) is 8.12. The van der Waals surface area contributed by atoms with Crippen molar-refractivity contribution in [2.24, 2.45) is 0 Å². The summed E-state index contributed by atoms with van der Waals surface area (Å²) in [5, 5.41) is 26.6. The minimum atomic E-state index is -1.09. The van der Waals surface area contributed by atoms with Crippen LogP contribution in [-0.2, 0) is 4.79 Å². The molecule has 3 heterocycles. The van der Waals surface area contributed by atoms with Gasteiger partial charge in [-0.1, -0.05) is 0 Å². The second kappa shape index (κ2) is 6.53. The molecule has 2 aromatic heterocycles. The van der Waals surface area contributed by atoms with Gasteiger partial charge in [0, 0.05) is 0 Å². The van der Waals surface area contributed by atoms with Crippen LogP contribution in [0.15, 0.2) is 12.7 Å². The van der Waals surface area contributed by atoms with Gasteiger partial charge in [0.15, 0.2) is 0 Å². The summed E-state index contributed by atoms with van der Waals surface area (Å²) in [6.45, 7) is 0. The number of fused-ring (bicyclic) bond motifs is 1. The van der Waals surface area contributed by atoms with E-state index in [1.807, 2.05) is 0 Å². The summed E-state index contributed by atoms with van der Waals surface area (Å²) >= 11 is -0.334. The van der Waals surface area contributed by atoms with Crippen LogP contribution in [0, 0.1) is 0 Å². The standard InChI is InChI=1S/C15H20N6O3Se/c1-16-14(24)11-9(22)10(23)15(25-11)21-6-19-8-12(17-5-18-13(8)21)20-7-3-2-4-7/h5-7,9-11,15,22-23H,2-4H2,1H3,(H,16,24)(H,17,18,20)/t9-,10+,11-,15+/m0/s1. The third-order valence-electron chi connectivity index (χ3n) is 4.82. The Morgan fingerprint density at radius 2 is 2.08 bits per heavy atom. The number of carbonyl (C=O) groups is 1. The van der Waals surface area contributed by atoms with Crippen molar-refractivity contribution in [3.63, 3.8) is 0 Å². The first-order valence-corrected chi connectivity index (χ1v) is 10.2. The van der Waals surface area contributed by atoms with E-state index in [9.17, 15) is 15.0 Å². The summed E-state index contributed by atoms with van der Waals surface area (Å²) in [5.74, 6) is 0.442. The van der Waals surface area contributed by atoms with Gasteiger partial charge in [0.2, 0.25) is 0 Å². The van der Waals surface area contributed by atoms with Gasteiger partial charge in [-0.05, 0) is 0 Å². The van der Waals surface area contributed by atoms with E-state index < -0.39 is 22.0 Å². The van der Waals surface area contributed by atoms with E-state index in [4.69, 9.17) is 0 Å². The van der Waals surface area contributed by atoms with Gasteiger partial charge in [0.25, 0.3) is 0 Å². The van der Waals surface area contributed by atoms with E-state index in [1.54, 1.807) is 10.9 Å². The van der Waals surface area contributed by atoms with Crippen molar-refractivity contribution < 1.29 is 15.0 Å². The molecule has 0 spiro atoms. The van der Waals surface area contributed by atoms with Crippen LogP contribution in [0.1, 0.15) is 24.2 Å². The molecule has 2 aromatic rings. The Bertz CT molecular complexity index is 795. The van der Waals surface area contributed by atoms with Gasteiger partial charge in [0.1, 0.15) is 0 Å². The third kappa shape index (κ3) is 2.79. The van der Waals surface area contributed by atoms with Gasteiger partial charge in [-0.3, -0.25) is 0 Å². The number of aliphatic hydroxyl groups excluding tert-OH is 2. The average molecular weight is 411 g/mol. The Hall–Kier alpha value is -1.74. The molecular weight excluding hydrogens is 391 g/mol. The first-order chi connectivity index (χ1) is 12.1. The summed E-state index contributed by atoms with van der Waals surface area (Å²) in [6.07, 6.45) is 4.43. The minimum absolute atomic E-state index is 0.250. The summed E-state index contributed by atoms with van der Waals surface area (Å²) in [4.78, 5) is 24.0. The quantitative estimate of drug-likeness (QED) is 0.489. The molecule has 1 saturated heterocycles.